The Labute approximate surface area is 146 Å². The lowest BCUT2D eigenvalue weighted by molar-refractivity contribution is 0.0908. The zero-order chi connectivity index (χ0) is 17.1. The summed E-state index contributed by atoms with van der Waals surface area (Å²) < 4.78 is 1.72. The predicted octanol–water partition coefficient (Wildman–Crippen LogP) is 3.00. The fourth-order valence-corrected chi connectivity index (χ4v) is 3.36. The standard InChI is InChI=1S/C20H20N4O/c25-20(23-18-10-17(11-18)15-6-2-1-3-7-15)19-9-5-4-8-16(19)12-24-14-21-13-22-24/h1-9,13-14,17-18H,10-12H2,(H,23,25). The highest BCUT2D eigenvalue weighted by Crippen LogP contribution is 2.36. The molecule has 0 unspecified atom stereocenters. The first-order valence-corrected chi connectivity index (χ1v) is 8.56. The smallest absolute Gasteiger partial charge is 0.251 e. The van der Waals surface area contributed by atoms with Crippen LogP contribution < -0.4 is 5.32 Å². The second-order valence-corrected chi connectivity index (χ2v) is 6.50. The van der Waals surface area contributed by atoms with Gasteiger partial charge in [-0.2, -0.15) is 5.10 Å². The van der Waals surface area contributed by atoms with Crippen LogP contribution in [0.5, 0.6) is 0 Å². The van der Waals surface area contributed by atoms with Crippen LogP contribution in [0.15, 0.2) is 67.3 Å². The molecule has 1 heterocycles. The third kappa shape index (κ3) is 3.45. The highest BCUT2D eigenvalue weighted by atomic mass is 16.1. The van der Waals surface area contributed by atoms with Crippen molar-refractivity contribution in [2.45, 2.75) is 31.3 Å². The predicted molar refractivity (Wildman–Crippen MR) is 95.2 cm³/mol. The number of hydrogen-bond acceptors (Lipinski definition) is 3. The molecular formula is C20H20N4O. The molecule has 1 saturated carbocycles. The van der Waals surface area contributed by atoms with Crippen LogP contribution in [-0.2, 0) is 6.54 Å². The second-order valence-electron chi connectivity index (χ2n) is 6.50. The number of carbonyl (C=O) groups excluding carboxylic acids is 1. The van der Waals surface area contributed by atoms with Crippen LogP contribution in [0.25, 0.3) is 0 Å². The maximum atomic E-state index is 12.7. The molecule has 0 radical (unpaired) electrons. The minimum Gasteiger partial charge on any atom is -0.349 e. The van der Waals surface area contributed by atoms with E-state index in [1.54, 1.807) is 11.0 Å². The molecule has 1 N–H and O–H groups in total. The average molecular weight is 332 g/mol. The van der Waals surface area contributed by atoms with Crippen LogP contribution in [0.1, 0.15) is 40.2 Å². The van der Waals surface area contributed by atoms with Crippen LogP contribution in [0.4, 0.5) is 0 Å². The van der Waals surface area contributed by atoms with Crippen LogP contribution >= 0.6 is 0 Å². The van der Waals surface area contributed by atoms with Crippen molar-refractivity contribution in [2.24, 2.45) is 0 Å². The van der Waals surface area contributed by atoms with Crippen molar-refractivity contribution in [3.63, 3.8) is 0 Å². The molecule has 126 valence electrons. The molecule has 1 aliphatic rings. The Bertz CT molecular complexity index is 839. The molecule has 5 heteroatoms. The molecule has 0 atom stereocenters. The third-order valence-electron chi connectivity index (χ3n) is 4.81. The topological polar surface area (TPSA) is 59.8 Å². The minimum atomic E-state index is -0.00720. The number of nitrogens with one attached hydrogen (secondary N) is 1. The van der Waals surface area contributed by atoms with Gasteiger partial charge in [0.05, 0.1) is 6.54 Å². The lowest BCUT2D eigenvalue weighted by atomic mass is 9.76. The molecule has 5 nitrogen and oxygen atoms in total. The summed E-state index contributed by atoms with van der Waals surface area (Å²) in [5, 5.41) is 7.29. The molecule has 4 rings (SSSR count). The van der Waals surface area contributed by atoms with Gasteiger partial charge < -0.3 is 5.32 Å². The van der Waals surface area contributed by atoms with Crippen molar-refractivity contribution in [3.05, 3.63) is 83.9 Å². The van der Waals surface area contributed by atoms with Gasteiger partial charge >= 0.3 is 0 Å². The van der Waals surface area contributed by atoms with E-state index in [0.29, 0.717) is 18.0 Å². The number of nitrogens with zero attached hydrogens (tertiary/aromatic N) is 3. The highest BCUT2D eigenvalue weighted by Gasteiger charge is 2.31. The summed E-state index contributed by atoms with van der Waals surface area (Å²) in [5.41, 5.74) is 3.02. The molecule has 25 heavy (non-hydrogen) atoms. The maximum Gasteiger partial charge on any atom is 0.251 e. The molecule has 2 aromatic carbocycles. The van der Waals surface area contributed by atoms with Gasteiger partial charge in [-0.05, 0) is 36.0 Å². The van der Waals surface area contributed by atoms with E-state index in [-0.39, 0.29) is 11.9 Å². The first-order chi connectivity index (χ1) is 12.3. The molecule has 3 aromatic rings. The van der Waals surface area contributed by atoms with Gasteiger partial charge in [-0.15, -0.1) is 0 Å². The number of benzene rings is 2. The fourth-order valence-electron chi connectivity index (χ4n) is 3.36. The molecule has 0 bridgehead atoms. The lowest BCUT2D eigenvalue weighted by Crippen LogP contribution is -2.43. The van der Waals surface area contributed by atoms with Gasteiger partial charge in [-0.25, -0.2) is 9.67 Å². The van der Waals surface area contributed by atoms with E-state index in [0.717, 1.165) is 18.4 Å². The molecule has 0 spiro atoms. The highest BCUT2D eigenvalue weighted by molar-refractivity contribution is 5.95. The summed E-state index contributed by atoms with van der Waals surface area (Å²) in [6.07, 6.45) is 5.16. The van der Waals surface area contributed by atoms with Crippen molar-refractivity contribution >= 4 is 5.91 Å². The minimum absolute atomic E-state index is 0.00720. The van der Waals surface area contributed by atoms with Crippen LogP contribution in [0.2, 0.25) is 0 Å². The third-order valence-corrected chi connectivity index (χ3v) is 4.81. The van der Waals surface area contributed by atoms with Crippen LogP contribution in [-0.4, -0.2) is 26.7 Å². The normalized spacial score (nSPS) is 19.2. The van der Waals surface area contributed by atoms with E-state index in [4.69, 9.17) is 0 Å². The Hall–Kier alpha value is -2.95. The van der Waals surface area contributed by atoms with Gasteiger partial charge in [0, 0.05) is 11.6 Å². The van der Waals surface area contributed by atoms with E-state index >= 15 is 0 Å². The van der Waals surface area contributed by atoms with E-state index in [9.17, 15) is 4.79 Å². The summed E-state index contributed by atoms with van der Waals surface area (Å²) in [6, 6.07) is 18.4. The number of carbonyl (C=O) groups is 1. The Morgan fingerprint density at radius 1 is 1.08 bits per heavy atom. The molecule has 1 fully saturated rings. The molecule has 1 aromatic heterocycles. The van der Waals surface area contributed by atoms with Crippen molar-refractivity contribution in [3.8, 4) is 0 Å². The van der Waals surface area contributed by atoms with E-state index in [2.05, 4.69) is 39.7 Å². The van der Waals surface area contributed by atoms with E-state index in [1.165, 1.54) is 11.9 Å². The van der Waals surface area contributed by atoms with Crippen molar-refractivity contribution in [1.82, 2.24) is 20.1 Å². The zero-order valence-electron chi connectivity index (χ0n) is 13.9. The monoisotopic (exact) mass is 332 g/mol. The van der Waals surface area contributed by atoms with Gasteiger partial charge in [0.15, 0.2) is 0 Å². The molecule has 1 aliphatic carbocycles. The molecular weight excluding hydrogens is 312 g/mol. The van der Waals surface area contributed by atoms with Crippen LogP contribution in [0, 0.1) is 0 Å². The summed E-state index contributed by atoms with van der Waals surface area (Å²) in [4.78, 5) is 16.6. The number of aromatic nitrogens is 3. The SMILES string of the molecule is O=C(NC1CC(c2ccccc2)C1)c1ccccc1Cn1cncn1. The first kappa shape index (κ1) is 15.6. The van der Waals surface area contributed by atoms with Crippen LogP contribution in [0.3, 0.4) is 0 Å². The van der Waals surface area contributed by atoms with Crippen molar-refractivity contribution in [1.29, 1.82) is 0 Å². The summed E-state index contributed by atoms with van der Waals surface area (Å²) in [6.45, 7) is 0.543. The number of hydrogen-bond donors (Lipinski definition) is 1. The van der Waals surface area contributed by atoms with Gasteiger partial charge in [0.2, 0.25) is 0 Å². The van der Waals surface area contributed by atoms with E-state index in [1.807, 2.05) is 30.3 Å². The van der Waals surface area contributed by atoms with Gasteiger partial charge in [-0.3, -0.25) is 4.79 Å². The Kier molecular flexibility index (Phi) is 4.29. The van der Waals surface area contributed by atoms with Crippen molar-refractivity contribution in [2.75, 3.05) is 0 Å². The largest absolute Gasteiger partial charge is 0.349 e. The van der Waals surface area contributed by atoms with Crippen molar-refractivity contribution < 1.29 is 4.79 Å². The van der Waals surface area contributed by atoms with Gasteiger partial charge in [-0.1, -0.05) is 48.5 Å². The average Bonchev–Trinajstić information content (AvgIpc) is 3.12. The lowest BCUT2D eigenvalue weighted by Gasteiger charge is -2.36. The summed E-state index contributed by atoms with van der Waals surface area (Å²) in [5.74, 6) is 0.545. The second kappa shape index (κ2) is 6.89. The molecule has 0 aliphatic heterocycles. The van der Waals surface area contributed by atoms with E-state index < -0.39 is 0 Å². The zero-order valence-corrected chi connectivity index (χ0v) is 13.9. The first-order valence-electron chi connectivity index (χ1n) is 8.56. The fraction of sp³-hybridized carbons (Fsp3) is 0.250. The van der Waals surface area contributed by atoms with Gasteiger partial charge in [0.25, 0.3) is 5.91 Å². The molecule has 0 saturated heterocycles. The quantitative estimate of drug-likeness (QED) is 0.781. The Morgan fingerprint density at radius 3 is 2.60 bits per heavy atom. The Balaban J connectivity index is 1.39. The summed E-state index contributed by atoms with van der Waals surface area (Å²) in [7, 11) is 0. The number of rotatable bonds is 5. The summed E-state index contributed by atoms with van der Waals surface area (Å²) >= 11 is 0. The Morgan fingerprint density at radius 2 is 1.84 bits per heavy atom. The van der Waals surface area contributed by atoms with Gasteiger partial charge in [0.1, 0.15) is 12.7 Å². The maximum absolute atomic E-state index is 12.7. The number of amides is 1. The molecule has 1 amide bonds.